The fourth-order valence-corrected chi connectivity index (χ4v) is 1.77. The topological polar surface area (TPSA) is 70.7 Å². The SMILES string of the molecule is CC(C)C(=O)N[C@H](C)c1nc(-c2ccc(Cl)cc2)n[nH]1. The molecule has 106 valence electrons. The molecule has 0 fully saturated rings. The number of hydrogen-bond acceptors (Lipinski definition) is 3. The Balaban J connectivity index is 2.12. The summed E-state index contributed by atoms with van der Waals surface area (Å²) in [5.41, 5.74) is 0.874. The quantitative estimate of drug-likeness (QED) is 0.910. The summed E-state index contributed by atoms with van der Waals surface area (Å²) in [6, 6.07) is 7.08. The van der Waals surface area contributed by atoms with Crippen LogP contribution in [0.15, 0.2) is 24.3 Å². The number of carbonyl (C=O) groups is 1. The molecule has 0 radical (unpaired) electrons. The first-order valence-corrected chi connectivity index (χ1v) is 6.83. The molecule has 0 aliphatic heterocycles. The molecule has 5 nitrogen and oxygen atoms in total. The number of hydrogen-bond donors (Lipinski definition) is 2. The van der Waals surface area contributed by atoms with Crippen molar-refractivity contribution in [3.8, 4) is 11.4 Å². The smallest absolute Gasteiger partial charge is 0.223 e. The summed E-state index contributed by atoms with van der Waals surface area (Å²) in [5, 5.41) is 10.6. The molecule has 2 rings (SSSR count). The first kappa shape index (κ1) is 14.5. The van der Waals surface area contributed by atoms with E-state index in [1.54, 1.807) is 12.1 Å². The number of aromatic nitrogens is 3. The highest BCUT2D eigenvalue weighted by Gasteiger charge is 2.16. The largest absolute Gasteiger partial charge is 0.346 e. The Hall–Kier alpha value is -1.88. The second-order valence-electron chi connectivity index (χ2n) is 4.94. The van der Waals surface area contributed by atoms with Gasteiger partial charge in [0.25, 0.3) is 0 Å². The van der Waals surface area contributed by atoms with E-state index in [0.717, 1.165) is 5.56 Å². The molecule has 0 aliphatic rings. The summed E-state index contributed by atoms with van der Waals surface area (Å²) in [7, 11) is 0. The van der Waals surface area contributed by atoms with Gasteiger partial charge in [0.1, 0.15) is 5.82 Å². The molecule has 0 saturated carbocycles. The van der Waals surface area contributed by atoms with Gasteiger partial charge in [-0.25, -0.2) is 4.98 Å². The third-order valence-electron chi connectivity index (χ3n) is 2.90. The predicted molar refractivity (Wildman–Crippen MR) is 78.2 cm³/mol. The van der Waals surface area contributed by atoms with Gasteiger partial charge in [0, 0.05) is 16.5 Å². The van der Waals surface area contributed by atoms with E-state index in [-0.39, 0.29) is 17.9 Å². The van der Waals surface area contributed by atoms with Crippen molar-refractivity contribution in [2.24, 2.45) is 5.92 Å². The van der Waals surface area contributed by atoms with Crippen molar-refractivity contribution in [3.63, 3.8) is 0 Å². The predicted octanol–water partition coefficient (Wildman–Crippen LogP) is 2.96. The van der Waals surface area contributed by atoms with E-state index in [4.69, 9.17) is 11.6 Å². The van der Waals surface area contributed by atoms with Gasteiger partial charge in [-0.15, -0.1) is 0 Å². The van der Waals surface area contributed by atoms with Gasteiger partial charge in [-0.2, -0.15) is 5.10 Å². The lowest BCUT2D eigenvalue weighted by molar-refractivity contribution is -0.124. The minimum atomic E-state index is -0.210. The van der Waals surface area contributed by atoms with Crippen LogP contribution < -0.4 is 5.32 Å². The van der Waals surface area contributed by atoms with Crippen LogP contribution in [0.4, 0.5) is 0 Å². The molecule has 1 aromatic heterocycles. The van der Waals surface area contributed by atoms with Crippen LogP contribution in [-0.2, 0) is 4.79 Å². The molecule has 0 spiro atoms. The maximum absolute atomic E-state index is 11.7. The summed E-state index contributed by atoms with van der Waals surface area (Å²) >= 11 is 5.85. The Morgan fingerprint density at radius 2 is 1.90 bits per heavy atom. The Kier molecular flexibility index (Phi) is 4.39. The zero-order valence-electron chi connectivity index (χ0n) is 11.6. The van der Waals surface area contributed by atoms with Crippen LogP contribution in [0.25, 0.3) is 11.4 Å². The minimum absolute atomic E-state index is 0.0121. The van der Waals surface area contributed by atoms with Gasteiger partial charge in [-0.3, -0.25) is 9.89 Å². The summed E-state index contributed by atoms with van der Waals surface area (Å²) in [6.07, 6.45) is 0. The second-order valence-corrected chi connectivity index (χ2v) is 5.37. The van der Waals surface area contributed by atoms with Gasteiger partial charge < -0.3 is 5.32 Å². The lowest BCUT2D eigenvalue weighted by atomic mass is 10.2. The zero-order valence-corrected chi connectivity index (χ0v) is 12.4. The van der Waals surface area contributed by atoms with Crippen LogP contribution in [0, 0.1) is 5.92 Å². The number of rotatable bonds is 4. The lowest BCUT2D eigenvalue weighted by Crippen LogP contribution is -2.30. The van der Waals surface area contributed by atoms with E-state index >= 15 is 0 Å². The number of amides is 1. The van der Waals surface area contributed by atoms with E-state index in [2.05, 4.69) is 20.5 Å². The normalized spacial score (nSPS) is 12.4. The summed E-state index contributed by atoms with van der Waals surface area (Å²) in [4.78, 5) is 16.1. The molecule has 1 amide bonds. The second kappa shape index (κ2) is 6.05. The molecular formula is C14H17ClN4O. The van der Waals surface area contributed by atoms with Crippen LogP contribution in [0.2, 0.25) is 5.02 Å². The Labute approximate surface area is 122 Å². The molecule has 0 saturated heterocycles. The van der Waals surface area contributed by atoms with Crippen molar-refractivity contribution >= 4 is 17.5 Å². The summed E-state index contributed by atoms with van der Waals surface area (Å²) < 4.78 is 0. The molecule has 1 heterocycles. The molecule has 6 heteroatoms. The third kappa shape index (κ3) is 3.36. The highest BCUT2D eigenvalue weighted by Crippen LogP contribution is 2.19. The monoisotopic (exact) mass is 292 g/mol. The molecule has 0 aliphatic carbocycles. The Bertz CT molecular complexity index is 591. The van der Waals surface area contributed by atoms with Crippen LogP contribution in [-0.4, -0.2) is 21.1 Å². The van der Waals surface area contributed by atoms with E-state index in [0.29, 0.717) is 16.7 Å². The molecule has 0 unspecified atom stereocenters. The number of aromatic amines is 1. The number of carbonyl (C=O) groups excluding carboxylic acids is 1. The van der Waals surface area contributed by atoms with Gasteiger partial charge in [0.05, 0.1) is 6.04 Å². The third-order valence-corrected chi connectivity index (χ3v) is 3.15. The average molecular weight is 293 g/mol. The Morgan fingerprint density at radius 1 is 1.25 bits per heavy atom. The van der Waals surface area contributed by atoms with Gasteiger partial charge >= 0.3 is 0 Å². The van der Waals surface area contributed by atoms with E-state index in [9.17, 15) is 4.79 Å². The maximum Gasteiger partial charge on any atom is 0.223 e. The number of benzene rings is 1. The van der Waals surface area contributed by atoms with Crippen molar-refractivity contribution in [1.29, 1.82) is 0 Å². The summed E-state index contributed by atoms with van der Waals surface area (Å²) in [6.45, 7) is 5.57. The standard InChI is InChI=1S/C14H17ClN4O/c1-8(2)14(20)16-9(3)12-17-13(19-18-12)10-4-6-11(15)7-5-10/h4-9H,1-3H3,(H,16,20)(H,17,18,19)/t9-/m1/s1. The summed E-state index contributed by atoms with van der Waals surface area (Å²) in [5.74, 6) is 1.14. The number of nitrogens with zero attached hydrogens (tertiary/aromatic N) is 2. The van der Waals surface area contributed by atoms with Gasteiger partial charge in [0.2, 0.25) is 5.91 Å². The zero-order chi connectivity index (χ0) is 14.7. The molecule has 1 atom stereocenters. The molecular weight excluding hydrogens is 276 g/mol. The number of halogens is 1. The lowest BCUT2D eigenvalue weighted by Gasteiger charge is -2.12. The Morgan fingerprint density at radius 3 is 2.50 bits per heavy atom. The van der Waals surface area contributed by atoms with Gasteiger partial charge in [0.15, 0.2) is 5.82 Å². The van der Waals surface area contributed by atoms with Crippen molar-refractivity contribution in [3.05, 3.63) is 35.1 Å². The van der Waals surface area contributed by atoms with Crippen LogP contribution in [0.3, 0.4) is 0 Å². The van der Waals surface area contributed by atoms with Crippen molar-refractivity contribution in [2.45, 2.75) is 26.8 Å². The van der Waals surface area contributed by atoms with Crippen LogP contribution >= 0.6 is 11.6 Å². The molecule has 20 heavy (non-hydrogen) atoms. The van der Waals surface area contributed by atoms with E-state index in [1.807, 2.05) is 32.9 Å². The molecule has 0 bridgehead atoms. The van der Waals surface area contributed by atoms with E-state index in [1.165, 1.54) is 0 Å². The first-order valence-electron chi connectivity index (χ1n) is 6.46. The average Bonchev–Trinajstić information content (AvgIpc) is 2.89. The molecule has 1 aromatic carbocycles. The van der Waals surface area contributed by atoms with Crippen molar-refractivity contribution in [1.82, 2.24) is 20.5 Å². The highest BCUT2D eigenvalue weighted by atomic mass is 35.5. The van der Waals surface area contributed by atoms with Crippen molar-refractivity contribution < 1.29 is 4.79 Å². The number of nitrogens with one attached hydrogen (secondary N) is 2. The van der Waals surface area contributed by atoms with Gasteiger partial charge in [-0.1, -0.05) is 25.4 Å². The fourth-order valence-electron chi connectivity index (χ4n) is 1.64. The van der Waals surface area contributed by atoms with Crippen LogP contribution in [0.1, 0.15) is 32.6 Å². The maximum atomic E-state index is 11.7. The minimum Gasteiger partial charge on any atom is -0.346 e. The molecule has 2 N–H and O–H groups in total. The fraction of sp³-hybridized carbons (Fsp3) is 0.357. The highest BCUT2D eigenvalue weighted by molar-refractivity contribution is 6.30. The first-order chi connectivity index (χ1) is 9.47. The molecule has 2 aromatic rings. The van der Waals surface area contributed by atoms with Gasteiger partial charge in [-0.05, 0) is 31.2 Å². The van der Waals surface area contributed by atoms with E-state index < -0.39 is 0 Å². The van der Waals surface area contributed by atoms with Crippen LogP contribution in [0.5, 0.6) is 0 Å². The van der Waals surface area contributed by atoms with Crippen molar-refractivity contribution in [2.75, 3.05) is 0 Å². The number of H-pyrrole nitrogens is 1.